The third-order valence-corrected chi connectivity index (χ3v) is 2.36. The van der Waals surface area contributed by atoms with Gasteiger partial charge in [-0.3, -0.25) is 0 Å². The Hall–Kier alpha value is -1.52. The van der Waals surface area contributed by atoms with Gasteiger partial charge in [0.25, 0.3) is 0 Å². The van der Waals surface area contributed by atoms with Crippen LogP contribution in [0.4, 0.5) is 0 Å². The molecule has 16 heavy (non-hydrogen) atoms. The number of ether oxygens (including phenoxy) is 1. The van der Waals surface area contributed by atoms with E-state index in [0.29, 0.717) is 23.9 Å². The largest absolute Gasteiger partial charge is 0.489 e. The number of hydrogen-bond acceptors (Lipinski definition) is 3. The predicted octanol–water partition coefficient (Wildman–Crippen LogP) is 1.86. The fourth-order valence-electron chi connectivity index (χ4n) is 1.33. The van der Waals surface area contributed by atoms with Gasteiger partial charge >= 0.3 is 0 Å². The molecule has 84 valence electrons. The number of benzene rings is 1. The van der Waals surface area contributed by atoms with Crippen molar-refractivity contribution in [2.45, 2.75) is 0 Å². The van der Waals surface area contributed by atoms with Crippen molar-refractivity contribution in [1.29, 1.82) is 0 Å². The van der Waals surface area contributed by atoms with Crippen molar-refractivity contribution in [3.63, 3.8) is 0 Å². The van der Waals surface area contributed by atoms with Gasteiger partial charge in [-0.2, -0.15) is 5.10 Å². The second-order valence-corrected chi connectivity index (χ2v) is 3.62. The van der Waals surface area contributed by atoms with Crippen LogP contribution in [-0.4, -0.2) is 22.9 Å². The quantitative estimate of drug-likeness (QED) is 0.883. The smallest absolute Gasteiger partial charge is 0.157 e. The summed E-state index contributed by atoms with van der Waals surface area (Å²) in [6, 6.07) is 7.49. The molecule has 2 aromatic rings. The average Bonchev–Trinajstić information content (AvgIpc) is 2.75. The molecular formula is C11H12ClN3O. The van der Waals surface area contributed by atoms with Crippen molar-refractivity contribution in [3.8, 4) is 11.4 Å². The summed E-state index contributed by atoms with van der Waals surface area (Å²) >= 11 is 6.05. The number of para-hydroxylation sites is 1. The summed E-state index contributed by atoms with van der Waals surface area (Å²) in [6.45, 7) is 0.964. The number of aromatic nitrogens is 2. The lowest BCUT2D eigenvalue weighted by Gasteiger charge is -2.03. The minimum Gasteiger partial charge on any atom is -0.489 e. The lowest BCUT2D eigenvalue weighted by molar-refractivity contribution is 0.328. The molecule has 0 bridgehead atoms. The van der Waals surface area contributed by atoms with Crippen LogP contribution in [0, 0.1) is 0 Å². The zero-order chi connectivity index (χ0) is 11.4. The Morgan fingerprint density at radius 3 is 2.94 bits per heavy atom. The molecule has 2 N–H and O–H groups in total. The van der Waals surface area contributed by atoms with Crippen LogP contribution in [0.2, 0.25) is 5.02 Å². The number of halogens is 1. The van der Waals surface area contributed by atoms with Crippen LogP contribution < -0.4 is 10.5 Å². The van der Waals surface area contributed by atoms with Gasteiger partial charge in [0, 0.05) is 6.54 Å². The highest BCUT2D eigenvalue weighted by Gasteiger charge is 2.04. The zero-order valence-electron chi connectivity index (χ0n) is 8.64. The van der Waals surface area contributed by atoms with E-state index in [1.807, 2.05) is 24.3 Å². The molecule has 0 spiro atoms. The first-order valence-corrected chi connectivity index (χ1v) is 5.31. The molecule has 1 aromatic carbocycles. The first-order chi connectivity index (χ1) is 7.81. The van der Waals surface area contributed by atoms with Crippen LogP contribution in [0.5, 0.6) is 5.75 Å². The van der Waals surface area contributed by atoms with Crippen LogP contribution in [0.25, 0.3) is 5.69 Å². The topological polar surface area (TPSA) is 53.1 Å². The fraction of sp³-hybridized carbons (Fsp3) is 0.182. The molecule has 0 radical (unpaired) electrons. The molecule has 0 aliphatic carbocycles. The Labute approximate surface area is 98.6 Å². The van der Waals surface area contributed by atoms with E-state index in [9.17, 15) is 0 Å². The predicted molar refractivity (Wildman–Crippen MR) is 63.1 cm³/mol. The van der Waals surface area contributed by atoms with Crippen molar-refractivity contribution >= 4 is 11.6 Å². The molecule has 0 saturated heterocycles. The van der Waals surface area contributed by atoms with Crippen molar-refractivity contribution in [2.75, 3.05) is 13.2 Å². The van der Waals surface area contributed by atoms with Gasteiger partial charge in [0.2, 0.25) is 0 Å². The molecule has 0 unspecified atom stereocenters. The van der Waals surface area contributed by atoms with Gasteiger partial charge in [0.1, 0.15) is 6.61 Å². The summed E-state index contributed by atoms with van der Waals surface area (Å²) in [5, 5.41) is 4.82. The molecule has 5 heteroatoms. The average molecular weight is 238 g/mol. The maximum atomic E-state index is 6.05. The summed E-state index contributed by atoms with van der Waals surface area (Å²) in [5.41, 5.74) is 6.17. The van der Waals surface area contributed by atoms with E-state index in [-0.39, 0.29) is 0 Å². The van der Waals surface area contributed by atoms with Crippen molar-refractivity contribution in [1.82, 2.24) is 9.78 Å². The van der Waals surface area contributed by atoms with Gasteiger partial charge in [-0.05, 0) is 12.1 Å². The molecule has 0 atom stereocenters. The third-order valence-electron chi connectivity index (χ3n) is 2.04. The monoisotopic (exact) mass is 237 g/mol. The Morgan fingerprint density at radius 2 is 2.19 bits per heavy atom. The van der Waals surface area contributed by atoms with E-state index < -0.39 is 0 Å². The Balaban J connectivity index is 2.22. The first kappa shape index (κ1) is 11.0. The SMILES string of the molecule is NCCOc1cnn(-c2ccccc2Cl)c1. The molecule has 0 fully saturated rings. The molecule has 1 aromatic heterocycles. The number of rotatable bonds is 4. The Kier molecular flexibility index (Phi) is 3.44. The lowest BCUT2D eigenvalue weighted by Crippen LogP contribution is -2.10. The Morgan fingerprint density at radius 1 is 1.38 bits per heavy atom. The second kappa shape index (κ2) is 5.01. The van der Waals surface area contributed by atoms with E-state index in [1.165, 1.54) is 0 Å². The maximum Gasteiger partial charge on any atom is 0.157 e. The summed E-state index contributed by atoms with van der Waals surface area (Å²) in [7, 11) is 0. The van der Waals surface area contributed by atoms with E-state index in [4.69, 9.17) is 22.1 Å². The summed E-state index contributed by atoms with van der Waals surface area (Å²) in [4.78, 5) is 0. The van der Waals surface area contributed by atoms with Crippen molar-refractivity contribution < 1.29 is 4.74 Å². The normalized spacial score (nSPS) is 10.4. The molecular weight excluding hydrogens is 226 g/mol. The molecule has 1 heterocycles. The minimum absolute atomic E-state index is 0.480. The number of nitrogens with zero attached hydrogens (tertiary/aromatic N) is 2. The van der Waals surface area contributed by atoms with Gasteiger partial charge in [0.15, 0.2) is 5.75 Å². The highest BCUT2D eigenvalue weighted by molar-refractivity contribution is 6.32. The Bertz CT molecular complexity index is 470. The van der Waals surface area contributed by atoms with E-state index in [0.717, 1.165) is 5.69 Å². The minimum atomic E-state index is 0.480. The van der Waals surface area contributed by atoms with E-state index >= 15 is 0 Å². The van der Waals surface area contributed by atoms with Gasteiger partial charge in [-0.1, -0.05) is 23.7 Å². The summed E-state index contributed by atoms with van der Waals surface area (Å²) in [5.74, 6) is 0.686. The maximum absolute atomic E-state index is 6.05. The number of hydrogen-bond donors (Lipinski definition) is 1. The fourth-order valence-corrected chi connectivity index (χ4v) is 1.55. The van der Waals surface area contributed by atoms with Crippen molar-refractivity contribution in [3.05, 3.63) is 41.7 Å². The molecule has 2 rings (SSSR count). The molecule has 0 aliphatic heterocycles. The van der Waals surface area contributed by atoms with Gasteiger partial charge < -0.3 is 10.5 Å². The second-order valence-electron chi connectivity index (χ2n) is 3.21. The summed E-state index contributed by atoms with van der Waals surface area (Å²) < 4.78 is 7.02. The van der Waals surface area contributed by atoms with Crippen LogP contribution in [0.1, 0.15) is 0 Å². The van der Waals surface area contributed by atoms with Crippen molar-refractivity contribution in [2.24, 2.45) is 5.73 Å². The van der Waals surface area contributed by atoms with Gasteiger partial charge in [-0.15, -0.1) is 0 Å². The first-order valence-electron chi connectivity index (χ1n) is 4.93. The number of nitrogens with two attached hydrogens (primary N) is 1. The van der Waals surface area contributed by atoms with Crippen LogP contribution >= 0.6 is 11.6 Å². The van der Waals surface area contributed by atoms with E-state index in [1.54, 1.807) is 17.1 Å². The highest BCUT2D eigenvalue weighted by atomic mass is 35.5. The third kappa shape index (κ3) is 2.35. The van der Waals surface area contributed by atoms with Gasteiger partial charge in [-0.25, -0.2) is 4.68 Å². The van der Waals surface area contributed by atoms with Crippen LogP contribution in [-0.2, 0) is 0 Å². The highest BCUT2D eigenvalue weighted by Crippen LogP contribution is 2.20. The summed E-state index contributed by atoms with van der Waals surface area (Å²) in [6.07, 6.45) is 3.41. The molecule has 0 amide bonds. The van der Waals surface area contributed by atoms with Crippen LogP contribution in [0.3, 0.4) is 0 Å². The van der Waals surface area contributed by atoms with E-state index in [2.05, 4.69) is 5.10 Å². The zero-order valence-corrected chi connectivity index (χ0v) is 9.39. The molecule has 0 aliphatic rings. The molecule has 0 saturated carbocycles. The lowest BCUT2D eigenvalue weighted by atomic mass is 10.3. The molecule has 4 nitrogen and oxygen atoms in total. The van der Waals surface area contributed by atoms with Gasteiger partial charge in [0.05, 0.1) is 23.1 Å². The standard InChI is InChI=1S/C11H12ClN3O/c12-10-3-1-2-4-11(10)15-8-9(7-14-15)16-6-5-13/h1-4,7-8H,5-6,13H2. The van der Waals surface area contributed by atoms with Crippen LogP contribution in [0.15, 0.2) is 36.7 Å².